The molecule has 0 saturated carbocycles. The molecule has 148 valence electrons. The summed E-state index contributed by atoms with van der Waals surface area (Å²) in [5, 5.41) is 0. The van der Waals surface area contributed by atoms with Gasteiger partial charge in [-0.3, -0.25) is 4.79 Å². The van der Waals surface area contributed by atoms with E-state index in [1.807, 2.05) is 35.2 Å². The van der Waals surface area contributed by atoms with Crippen molar-refractivity contribution in [2.75, 3.05) is 41.7 Å². The van der Waals surface area contributed by atoms with Crippen LogP contribution < -0.4 is 15.5 Å². The fourth-order valence-electron chi connectivity index (χ4n) is 3.74. The van der Waals surface area contributed by atoms with Gasteiger partial charge in [-0.15, -0.1) is 0 Å². The lowest BCUT2D eigenvalue weighted by Gasteiger charge is -2.35. The summed E-state index contributed by atoms with van der Waals surface area (Å²) >= 11 is 0. The lowest BCUT2D eigenvalue weighted by Crippen LogP contribution is -2.45. The number of rotatable bonds is 6. The summed E-state index contributed by atoms with van der Waals surface area (Å²) in [5.74, 6) is 0. The molecule has 3 aromatic rings. The number of benzene rings is 3. The van der Waals surface area contributed by atoms with Crippen LogP contribution in [-0.2, 0) is 11.3 Å². The van der Waals surface area contributed by atoms with E-state index in [4.69, 9.17) is 5.73 Å². The number of piperazine rings is 1. The Balaban J connectivity index is 1.67. The van der Waals surface area contributed by atoms with E-state index < -0.39 is 0 Å². The van der Waals surface area contributed by atoms with Gasteiger partial charge in [-0.1, -0.05) is 48.5 Å². The molecule has 1 amide bonds. The zero-order chi connectivity index (χ0) is 20.1. The van der Waals surface area contributed by atoms with Crippen LogP contribution >= 0.6 is 0 Å². The Hall–Kier alpha value is -3.47. The fraction of sp³-hybridized carbons (Fsp3) is 0.208. The SMILES string of the molecule is Nc1ccc(N2CCN(C=O)CC2)cc1N(Cc1ccccc1)c1ccccc1. The van der Waals surface area contributed by atoms with E-state index in [2.05, 4.69) is 58.3 Å². The summed E-state index contributed by atoms with van der Waals surface area (Å²) in [6.07, 6.45) is 0.933. The van der Waals surface area contributed by atoms with E-state index in [0.717, 1.165) is 61.9 Å². The molecule has 3 aromatic carbocycles. The van der Waals surface area contributed by atoms with Crippen molar-refractivity contribution in [1.82, 2.24) is 4.90 Å². The second kappa shape index (κ2) is 8.69. The molecule has 0 bridgehead atoms. The first-order chi connectivity index (χ1) is 14.2. The monoisotopic (exact) mass is 386 g/mol. The number of anilines is 4. The number of amides is 1. The Morgan fingerprint density at radius 2 is 1.52 bits per heavy atom. The van der Waals surface area contributed by atoms with Crippen molar-refractivity contribution in [3.8, 4) is 0 Å². The van der Waals surface area contributed by atoms with Crippen LogP contribution in [0.4, 0.5) is 22.7 Å². The zero-order valence-electron chi connectivity index (χ0n) is 16.4. The quantitative estimate of drug-likeness (QED) is 0.516. The van der Waals surface area contributed by atoms with E-state index in [-0.39, 0.29) is 0 Å². The third kappa shape index (κ3) is 4.35. The molecule has 0 aliphatic carbocycles. The van der Waals surface area contributed by atoms with Gasteiger partial charge in [0.15, 0.2) is 0 Å². The molecule has 4 rings (SSSR count). The number of hydrogen-bond acceptors (Lipinski definition) is 4. The highest BCUT2D eigenvalue weighted by Gasteiger charge is 2.19. The van der Waals surface area contributed by atoms with Gasteiger partial charge in [0.05, 0.1) is 11.4 Å². The van der Waals surface area contributed by atoms with E-state index in [1.165, 1.54) is 5.56 Å². The van der Waals surface area contributed by atoms with Gasteiger partial charge in [0.1, 0.15) is 0 Å². The minimum atomic E-state index is 0.734. The van der Waals surface area contributed by atoms with Crippen molar-refractivity contribution in [1.29, 1.82) is 0 Å². The number of nitrogens with zero attached hydrogens (tertiary/aromatic N) is 3. The number of carbonyl (C=O) groups excluding carboxylic acids is 1. The maximum atomic E-state index is 11.0. The standard InChI is InChI=1S/C24H26N4O/c25-23-12-11-22(27-15-13-26(19-29)14-16-27)17-24(23)28(21-9-5-2-6-10-21)18-20-7-3-1-4-8-20/h1-12,17,19H,13-16,18,25H2. The van der Waals surface area contributed by atoms with Gasteiger partial charge in [0.2, 0.25) is 6.41 Å². The molecule has 0 unspecified atom stereocenters. The molecule has 29 heavy (non-hydrogen) atoms. The number of para-hydroxylation sites is 1. The van der Waals surface area contributed by atoms with Crippen LogP contribution in [0.2, 0.25) is 0 Å². The van der Waals surface area contributed by atoms with Crippen LogP contribution in [0.1, 0.15) is 5.56 Å². The Kier molecular flexibility index (Phi) is 5.66. The average Bonchev–Trinajstić information content (AvgIpc) is 2.79. The number of hydrogen-bond donors (Lipinski definition) is 1. The Morgan fingerprint density at radius 3 is 2.17 bits per heavy atom. The molecule has 1 saturated heterocycles. The Bertz CT molecular complexity index is 938. The molecule has 1 aliphatic rings. The molecule has 2 N–H and O–H groups in total. The van der Waals surface area contributed by atoms with Crippen LogP contribution in [0.3, 0.4) is 0 Å². The molecule has 1 aliphatic heterocycles. The van der Waals surface area contributed by atoms with Gasteiger partial charge < -0.3 is 20.4 Å². The summed E-state index contributed by atoms with van der Waals surface area (Å²) < 4.78 is 0. The van der Waals surface area contributed by atoms with Gasteiger partial charge >= 0.3 is 0 Å². The van der Waals surface area contributed by atoms with Gasteiger partial charge in [-0.2, -0.15) is 0 Å². The van der Waals surface area contributed by atoms with Crippen LogP contribution in [-0.4, -0.2) is 37.5 Å². The van der Waals surface area contributed by atoms with E-state index >= 15 is 0 Å². The first-order valence-corrected chi connectivity index (χ1v) is 9.95. The normalized spacial score (nSPS) is 13.9. The highest BCUT2D eigenvalue weighted by atomic mass is 16.1. The van der Waals surface area contributed by atoms with Crippen LogP contribution in [0.15, 0.2) is 78.9 Å². The predicted octanol–water partition coefficient (Wildman–Crippen LogP) is 3.89. The number of nitrogens with two attached hydrogens (primary N) is 1. The number of carbonyl (C=O) groups is 1. The maximum Gasteiger partial charge on any atom is 0.209 e. The smallest absolute Gasteiger partial charge is 0.209 e. The molecule has 0 radical (unpaired) electrons. The Labute approximate surface area is 172 Å². The van der Waals surface area contributed by atoms with Crippen LogP contribution in [0.25, 0.3) is 0 Å². The molecule has 1 fully saturated rings. The molecule has 0 spiro atoms. The average molecular weight is 386 g/mol. The lowest BCUT2D eigenvalue weighted by atomic mass is 10.1. The Morgan fingerprint density at radius 1 is 0.862 bits per heavy atom. The minimum Gasteiger partial charge on any atom is -0.397 e. The molecular weight excluding hydrogens is 360 g/mol. The van der Waals surface area contributed by atoms with E-state index in [0.29, 0.717) is 0 Å². The highest BCUT2D eigenvalue weighted by molar-refractivity contribution is 5.79. The third-order valence-electron chi connectivity index (χ3n) is 5.38. The fourth-order valence-corrected chi connectivity index (χ4v) is 3.74. The van der Waals surface area contributed by atoms with Gasteiger partial charge in [-0.05, 0) is 35.9 Å². The second-order valence-corrected chi connectivity index (χ2v) is 7.28. The summed E-state index contributed by atoms with van der Waals surface area (Å²) in [6, 6.07) is 27.0. The summed E-state index contributed by atoms with van der Waals surface area (Å²) in [6.45, 7) is 3.88. The van der Waals surface area contributed by atoms with Crippen LogP contribution in [0, 0.1) is 0 Å². The molecule has 1 heterocycles. The maximum absolute atomic E-state index is 11.0. The van der Waals surface area contributed by atoms with Crippen molar-refractivity contribution in [2.45, 2.75) is 6.54 Å². The van der Waals surface area contributed by atoms with E-state index in [1.54, 1.807) is 0 Å². The number of nitrogen functional groups attached to an aromatic ring is 1. The third-order valence-corrected chi connectivity index (χ3v) is 5.38. The largest absolute Gasteiger partial charge is 0.397 e. The first-order valence-electron chi connectivity index (χ1n) is 9.95. The summed E-state index contributed by atoms with van der Waals surface area (Å²) in [5.41, 5.74) is 11.6. The second-order valence-electron chi connectivity index (χ2n) is 7.28. The van der Waals surface area contributed by atoms with Crippen molar-refractivity contribution in [3.05, 3.63) is 84.4 Å². The predicted molar refractivity (Wildman–Crippen MR) is 119 cm³/mol. The highest BCUT2D eigenvalue weighted by Crippen LogP contribution is 2.35. The minimum absolute atomic E-state index is 0.734. The van der Waals surface area contributed by atoms with Crippen molar-refractivity contribution >= 4 is 29.2 Å². The first kappa shape index (κ1) is 18.9. The lowest BCUT2D eigenvalue weighted by molar-refractivity contribution is -0.118. The van der Waals surface area contributed by atoms with Gasteiger partial charge in [-0.25, -0.2) is 0 Å². The molecule has 0 aromatic heterocycles. The van der Waals surface area contributed by atoms with Gasteiger partial charge in [0.25, 0.3) is 0 Å². The van der Waals surface area contributed by atoms with E-state index in [9.17, 15) is 4.79 Å². The van der Waals surface area contributed by atoms with Crippen molar-refractivity contribution in [2.24, 2.45) is 0 Å². The van der Waals surface area contributed by atoms with Crippen LogP contribution in [0.5, 0.6) is 0 Å². The molecular formula is C24H26N4O. The van der Waals surface area contributed by atoms with Crippen molar-refractivity contribution in [3.63, 3.8) is 0 Å². The summed E-state index contributed by atoms with van der Waals surface area (Å²) in [7, 11) is 0. The van der Waals surface area contributed by atoms with Crippen molar-refractivity contribution < 1.29 is 4.79 Å². The molecule has 5 heteroatoms. The summed E-state index contributed by atoms with van der Waals surface area (Å²) in [4.78, 5) is 17.4. The zero-order valence-corrected chi connectivity index (χ0v) is 16.4. The topological polar surface area (TPSA) is 52.8 Å². The molecule has 0 atom stereocenters. The van der Waals surface area contributed by atoms with Gasteiger partial charge in [0, 0.05) is 44.1 Å². The molecule has 5 nitrogen and oxygen atoms in total.